The highest BCUT2D eigenvalue weighted by Crippen LogP contribution is 2.40. The number of aryl methyl sites for hydroxylation is 1. The molecule has 2 saturated heterocycles. The van der Waals surface area contributed by atoms with E-state index < -0.39 is 12.1 Å². The number of aliphatic carboxylic acids is 1. The number of thiophene rings is 1. The van der Waals surface area contributed by atoms with Gasteiger partial charge in [-0.05, 0) is 55.7 Å². The SMILES string of the molecule is Cc1ccsc1CN1CC[C@@H]2[C@@H](CO[C@@H]2Cc2nnc(C3CC3)o2)C1.O=C(O)C(F)(F)F. The summed E-state index contributed by atoms with van der Waals surface area (Å²) in [4.78, 5) is 13.0. The van der Waals surface area contributed by atoms with Crippen molar-refractivity contribution in [2.45, 2.75) is 57.3 Å². The van der Waals surface area contributed by atoms with Gasteiger partial charge < -0.3 is 14.3 Å². The van der Waals surface area contributed by atoms with E-state index in [0.717, 1.165) is 44.4 Å². The van der Waals surface area contributed by atoms with Crippen molar-refractivity contribution in [3.05, 3.63) is 33.7 Å². The summed E-state index contributed by atoms with van der Waals surface area (Å²) in [6.45, 7) is 6.49. The average molecular weight is 474 g/mol. The minimum absolute atomic E-state index is 0.253. The molecule has 2 aliphatic heterocycles. The fourth-order valence-corrected chi connectivity index (χ4v) is 5.25. The molecule has 11 heteroatoms. The minimum Gasteiger partial charge on any atom is -0.475 e. The van der Waals surface area contributed by atoms with Crippen molar-refractivity contribution in [2.75, 3.05) is 19.7 Å². The van der Waals surface area contributed by atoms with Gasteiger partial charge in [-0.1, -0.05) is 0 Å². The molecule has 32 heavy (non-hydrogen) atoms. The van der Waals surface area contributed by atoms with Crippen LogP contribution in [0.3, 0.4) is 0 Å². The third-order valence-corrected chi connectivity index (χ3v) is 7.25. The Morgan fingerprint density at radius 1 is 1.31 bits per heavy atom. The smallest absolute Gasteiger partial charge is 0.475 e. The second-order valence-corrected chi connectivity index (χ2v) is 9.66. The number of ether oxygens (including phenoxy) is 1. The van der Waals surface area contributed by atoms with Crippen molar-refractivity contribution in [1.29, 1.82) is 0 Å². The van der Waals surface area contributed by atoms with E-state index in [9.17, 15) is 13.2 Å². The zero-order valence-electron chi connectivity index (χ0n) is 17.7. The Balaban J connectivity index is 0.000000307. The fourth-order valence-electron chi connectivity index (χ4n) is 4.30. The number of carbonyl (C=O) groups is 1. The first-order valence-corrected chi connectivity index (χ1v) is 11.6. The second kappa shape index (κ2) is 9.48. The molecule has 7 nitrogen and oxygen atoms in total. The molecular formula is C21H26F3N3O4S. The number of carboxylic acids is 1. The highest BCUT2D eigenvalue weighted by atomic mass is 32.1. The lowest BCUT2D eigenvalue weighted by molar-refractivity contribution is -0.192. The van der Waals surface area contributed by atoms with Gasteiger partial charge in [0, 0.05) is 29.8 Å². The van der Waals surface area contributed by atoms with E-state index >= 15 is 0 Å². The summed E-state index contributed by atoms with van der Waals surface area (Å²) in [5.41, 5.74) is 1.43. The quantitative estimate of drug-likeness (QED) is 0.701. The lowest BCUT2D eigenvalue weighted by atomic mass is 9.83. The molecule has 4 heterocycles. The van der Waals surface area contributed by atoms with Crippen molar-refractivity contribution < 1.29 is 32.2 Å². The van der Waals surface area contributed by atoms with Crippen molar-refractivity contribution in [1.82, 2.24) is 15.1 Å². The van der Waals surface area contributed by atoms with Gasteiger partial charge in [0.25, 0.3) is 0 Å². The summed E-state index contributed by atoms with van der Waals surface area (Å²) in [7, 11) is 0. The van der Waals surface area contributed by atoms with Gasteiger partial charge in [0.1, 0.15) is 0 Å². The van der Waals surface area contributed by atoms with E-state index in [2.05, 4.69) is 33.5 Å². The number of halogens is 3. The number of fused-ring (bicyclic) bond motifs is 1. The van der Waals surface area contributed by atoms with Crippen molar-refractivity contribution in [3.63, 3.8) is 0 Å². The highest BCUT2D eigenvalue weighted by Gasteiger charge is 2.42. The van der Waals surface area contributed by atoms with Gasteiger partial charge >= 0.3 is 12.1 Å². The highest BCUT2D eigenvalue weighted by molar-refractivity contribution is 7.10. The summed E-state index contributed by atoms with van der Waals surface area (Å²) in [5, 5.41) is 17.8. The minimum atomic E-state index is -5.08. The van der Waals surface area contributed by atoms with Crippen LogP contribution in [0.1, 0.15) is 47.4 Å². The van der Waals surface area contributed by atoms with Crippen LogP contribution < -0.4 is 0 Å². The van der Waals surface area contributed by atoms with Crippen LogP contribution in [0.2, 0.25) is 0 Å². The van der Waals surface area contributed by atoms with Gasteiger partial charge in [0.2, 0.25) is 11.8 Å². The zero-order valence-corrected chi connectivity index (χ0v) is 18.5. The van der Waals surface area contributed by atoms with Gasteiger partial charge in [-0.25, -0.2) is 4.79 Å². The number of alkyl halides is 3. The summed E-state index contributed by atoms with van der Waals surface area (Å²) in [6.07, 6.45) is -0.436. The van der Waals surface area contributed by atoms with E-state index in [1.807, 2.05) is 11.3 Å². The van der Waals surface area contributed by atoms with Gasteiger partial charge in [-0.2, -0.15) is 13.2 Å². The second-order valence-electron chi connectivity index (χ2n) is 8.66. The van der Waals surface area contributed by atoms with Crippen molar-refractivity contribution >= 4 is 17.3 Å². The van der Waals surface area contributed by atoms with Gasteiger partial charge in [0.05, 0.1) is 19.1 Å². The number of hydrogen-bond acceptors (Lipinski definition) is 7. The standard InChI is InChI=1S/C19H25N3O2S.C2HF3O2/c1-12-5-7-25-17(12)10-22-6-4-15-14(9-22)11-23-16(15)8-18-20-21-19(24-18)13-2-3-13;3-2(4,5)1(6)7/h5,7,13-16H,2-4,6,8-11H2,1H3;(H,6,7)/t14-,15-,16-;/m1./s1. The van der Waals surface area contributed by atoms with Gasteiger partial charge in [-0.3, -0.25) is 4.90 Å². The maximum absolute atomic E-state index is 10.6. The summed E-state index contributed by atoms with van der Waals surface area (Å²) < 4.78 is 43.7. The van der Waals surface area contributed by atoms with Crippen LogP contribution in [0.25, 0.3) is 0 Å². The number of piperidine rings is 1. The van der Waals surface area contributed by atoms with E-state index in [4.69, 9.17) is 19.1 Å². The molecule has 3 fully saturated rings. The van der Waals surface area contributed by atoms with E-state index in [0.29, 0.717) is 17.8 Å². The molecule has 3 aliphatic rings. The number of nitrogens with zero attached hydrogens (tertiary/aromatic N) is 3. The Hall–Kier alpha value is -1.98. The molecule has 176 valence electrons. The first-order chi connectivity index (χ1) is 15.2. The maximum atomic E-state index is 10.6. The number of hydrogen-bond donors (Lipinski definition) is 1. The van der Waals surface area contributed by atoms with Crippen LogP contribution in [-0.2, 0) is 22.5 Å². The first kappa shape index (κ1) is 23.2. The largest absolute Gasteiger partial charge is 0.490 e. The fraction of sp³-hybridized carbons (Fsp3) is 0.667. The summed E-state index contributed by atoms with van der Waals surface area (Å²) in [5.74, 6) is 0.659. The molecule has 5 rings (SSSR count). The van der Waals surface area contributed by atoms with Crippen LogP contribution in [0.15, 0.2) is 15.9 Å². The van der Waals surface area contributed by atoms with E-state index in [-0.39, 0.29) is 6.10 Å². The molecule has 0 unspecified atom stereocenters. The molecule has 0 spiro atoms. The predicted molar refractivity (Wildman–Crippen MR) is 109 cm³/mol. The Morgan fingerprint density at radius 2 is 2.06 bits per heavy atom. The number of aromatic nitrogens is 2. The molecule has 0 radical (unpaired) electrons. The van der Waals surface area contributed by atoms with Crippen molar-refractivity contribution in [2.24, 2.45) is 11.8 Å². The third kappa shape index (κ3) is 5.68. The Kier molecular flexibility index (Phi) is 6.87. The maximum Gasteiger partial charge on any atom is 0.490 e. The van der Waals surface area contributed by atoms with E-state index in [1.54, 1.807) is 0 Å². The third-order valence-electron chi connectivity index (χ3n) is 6.24. The number of carboxylic acid groups (broad SMARTS) is 1. The Morgan fingerprint density at radius 3 is 2.69 bits per heavy atom. The lowest BCUT2D eigenvalue weighted by Gasteiger charge is -2.35. The molecule has 1 aliphatic carbocycles. The molecule has 0 amide bonds. The molecule has 2 aromatic rings. The number of likely N-dealkylation sites (tertiary alicyclic amines) is 1. The Bertz CT molecular complexity index is 928. The molecule has 1 saturated carbocycles. The molecule has 0 bridgehead atoms. The first-order valence-electron chi connectivity index (χ1n) is 10.7. The summed E-state index contributed by atoms with van der Waals surface area (Å²) in [6, 6.07) is 2.22. The topological polar surface area (TPSA) is 88.7 Å². The molecule has 0 aromatic carbocycles. The summed E-state index contributed by atoms with van der Waals surface area (Å²) >= 11 is 1.88. The average Bonchev–Trinajstić information content (AvgIpc) is 3.15. The lowest BCUT2D eigenvalue weighted by Crippen LogP contribution is -2.41. The van der Waals surface area contributed by atoms with Crippen LogP contribution in [-0.4, -0.2) is 58.1 Å². The van der Waals surface area contributed by atoms with Gasteiger partial charge in [-0.15, -0.1) is 21.5 Å². The van der Waals surface area contributed by atoms with Gasteiger partial charge in [0.15, 0.2) is 0 Å². The predicted octanol–water partition coefficient (Wildman–Crippen LogP) is 4.03. The molecule has 3 atom stereocenters. The number of rotatable bonds is 5. The Labute approximate surface area is 187 Å². The van der Waals surface area contributed by atoms with Crippen LogP contribution in [0, 0.1) is 18.8 Å². The normalized spacial score (nSPS) is 25.8. The molecular weight excluding hydrogens is 447 g/mol. The van der Waals surface area contributed by atoms with Crippen LogP contribution in [0.5, 0.6) is 0 Å². The molecule has 2 aromatic heterocycles. The molecule has 1 N–H and O–H groups in total. The monoisotopic (exact) mass is 473 g/mol. The van der Waals surface area contributed by atoms with Crippen molar-refractivity contribution in [3.8, 4) is 0 Å². The van der Waals surface area contributed by atoms with Crippen LogP contribution in [0.4, 0.5) is 13.2 Å². The van der Waals surface area contributed by atoms with Crippen LogP contribution >= 0.6 is 11.3 Å². The van der Waals surface area contributed by atoms with E-state index in [1.165, 1.54) is 29.7 Å². The zero-order chi connectivity index (χ0) is 22.9.